The summed E-state index contributed by atoms with van der Waals surface area (Å²) in [6.07, 6.45) is 1.23. The molecule has 4 nitrogen and oxygen atoms in total. The van der Waals surface area contributed by atoms with Crippen molar-refractivity contribution < 1.29 is 14.3 Å². The summed E-state index contributed by atoms with van der Waals surface area (Å²) in [5.74, 6) is -0.256. The van der Waals surface area contributed by atoms with Gasteiger partial charge < -0.3 is 10.1 Å². The highest BCUT2D eigenvalue weighted by atomic mass is 35.5. The minimum absolute atomic E-state index is 0.00157. The summed E-state index contributed by atoms with van der Waals surface area (Å²) in [6.45, 7) is 2.14. The van der Waals surface area contributed by atoms with E-state index < -0.39 is 0 Å². The Morgan fingerprint density at radius 1 is 1.38 bits per heavy atom. The Hall–Kier alpha value is -1.26. The first-order chi connectivity index (χ1) is 10.0. The summed E-state index contributed by atoms with van der Waals surface area (Å²) < 4.78 is 4.91. The molecule has 6 heteroatoms. The lowest BCUT2D eigenvalue weighted by Gasteiger charge is -2.19. The van der Waals surface area contributed by atoms with E-state index >= 15 is 0 Å². The van der Waals surface area contributed by atoms with E-state index in [4.69, 9.17) is 27.9 Å². The SMILES string of the molecule is CCOC(=O)CCC1NC(=O)CC1c1ccc(Cl)c(Cl)c1. The standard InChI is InChI=1S/C15H17Cl2NO3/c1-2-21-15(20)6-5-13-10(8-14(19)18-13)9-3-4-11(16)12(17)7-9/h3-4,7,10,13H,2,5-6,8H2,1H3,(H,18,19). The van der Waals surface area contributed by atoms with Gasteiger partial charge in [-0.2, -0.15) is 0 Å². The number of halogens is 2. The molecule has 1 saturated heterocycles. The van der Waals surface area contributed by atoms with Gasteiger partial charge in [-0.1, -0.05) is 29.3 Å². The molecular weight excluding hydrogens is 313 g/mol. The molecule has 0 aromatic heterocycles. The van der Waals surface area contributed by atoms with Crippen LogP contribution in [0.15, 0.2) is 18.2 Å². The highest BCUT2D eigenvalue weighted by Crippen LogP contribution is 2.34. The number of carbonyl (C=O) groups excluding carboxylic acids is 2. The molecule has 1 fully saturated rings. The maximum absolute atomic E-state index is 11.7. The predicted octanol–water partition coefficient (Wildman–Crippen LogP) is 3.31. The number of rotatable bonds is 5. The highest BCUT2D eigenvalue weighted by Gasteiger charge is 2.33. The summed E-state index contributed by atoms with van der Waals surface area (Å²) in [7, 11) is 0. The zero-order valence-corrected chi connectivity index (χ0v) is 13.2. The number of carbonyl (C=O) groups is 2. The number of nitrogens with one attached hydrogen (secondary N) is 1. The second kappa shape index (κ2) is 7.14. The second-order valence-electron chi connectivity index (χ2n) is 5.00. The zero-order valence-electron chi connectivity index (χ0n) is 11.7. The first-order valence-corrected chi connectivity index (χ1v) is 7.66. The molecule has 1 amide bonds. The molecule has 21 heavy (non-hydrogen) atoms. The maximum Gasteiger partial charge on any atom is 0.305 e. The van der Waals surface area contributed by atoms with Gasteiger partial charge in [0, 0.05) is 24.8 Å². The predicted molar refractivity (Wildman–Crippen MR) is 81.6 cm³/mol. The molecule has 1 aliphatic rings. The molecule has 1 aromatic rings. The summed E-state index contributed by atoms with van der Waals surface area (Å²) >= 11 is 11.9. The zero-order chi connectivity index (χ0) is 15.4. The molecule has 1 aliphatic heterocycles. The van der Waals surface area contributed by atoms with Crippen molar-refractivity contribution in [1.82, 2.24) is 5.32 Å². The van der Waals surface area contributed by atoms with Crippen molar-refractivity contribution in [3.63, 3.8) is 0 Å². The van der Waals surface area contributed by atoms with Crippen molar-refractivity contribution in [2.24, 2.45) is 0 Å². The molecular formula is C15H17Cl2NO3. The molecule has 2 unspecified atom stereocenters. The van der Waals surface area contributed by atoms with Crippen molar-refractivity contribution >= 4 is 35.1 Å². The molecule has 0 spiro atoms. The van der Waals surface area contributed by atoms with Gasteiger partial charge in [-0.05, 0) is 31.0 Å². The van der Waals surface area contributed by atoms with Gasteiger partial charge in [0.15, 0.2) is 0 Å². The van der Waals surface area contributed by atoms with Crippen LogP contribution in [0.25, 0.3) is 0 Å². The van der Waals surface area contributed by atoms with Crippen LogP contribution in [0.3, 0.4) is 0 Å². The summed E-state index contributed by atoms with van der Waals surface area (Å²) in [6, 6.07) is 5.30. The Bertz CT molecular complexity index is 548. The molecule has 2 atom stereocenters. The van der Waals surface area contributed by atoms with Crippen LogP contribution < -0.4 is 5.32 Å². The van der Waals surface area contributed by atoms with E-state index in [0.717, 1.165) is 5.56 Å². The fraction of sp³-hybridized carbons (Fsp3) is 0.467. The van der Waals surface area contributed by atoms with Crippen molar-refractivity contribution in [2.75, 3.05) is 6.61 Å². The Morgan fingerprint density at radius 2 is 2.14 bits per heavy atom. The molecule has 1 heterocycles. The van der Waals surface area contributed by atoms with Crippen LogP contribution in [-0.4, -0.2) is 24.5 Å². The first kappa shape index (κ1) is 16.1. The number of ether oxygens (including phenoxy) is 1. The van der Waals surface area contributed by atoms with Crippen LogP contribution in [-0.2, 0) is 14.3 Å². The van der Waals surface area contributed by atoms with Gasteiger partial charge in [0.25, 0.3) is 0 Å². The topological polar surface area (TPSA) is 55.4 Å². The van der Waals surface area contributed by atoms with Gasteiger partial charge in [-0.3, -0.25) is 9.59 Å². The average Bonchev–Trinajstić information content (AvgIpc) is 2.81. The Balaban J connectivity index is 2.07. The minimum atomic E-state index is -0.244. The minimum Gasteiger partial charge on any atom is -0.466 e. The van der Waals surface area contributed by atoms with E-state index in [0.29, 0.717) is 29.5 Å². The second-order valence-corrected chi connectivity index (χ2v) is 5.82. The summed E-state index contributed by atoms with van der Waals surface area (Å²) in [5, 5.41) is 3.87. The van der Waals surface area contributed by atoms with E-state index in [1.807, 2.05) is 6.07 Å². The van der Waals surface area contributed by atoms with E-state index in [1.54, 1.807) is 19.1 Å². The van der Waals surface area contributed by atoms with Gasteiger partial charge in [0.05, 0.1) is 16.7 Å². The lowest BCUT2D eigenvalue weighted by atomic mass is 9.89. The van der Waals surface area contributed by atoms with Gasteiger partial charge in [-0.15, -0.1) is 0 Å². The van der Waals surface area contributed by atoms with Crippen molar-refractivity contribution in [3.05, 3.63) is 33.8 Å². The van der Waals surface area contributed by atoms with Crippen LogP contribution in [0.2, 0.25) is 10.0 Å². The molecule has 114 valence electrons. The third-order valence-corrected chi connectivity index (χ3v) is 4.31. The normalized spacial score (nSPS) is 21.2. The third-order valence-electron chi connectivity index (χ3n) is 3.57. The first-order valence-electron chi connectivity index (χ1n) is 6.91. The molecule has 0 radical (unpaired) electrons. The number of benzene rings is 1. The van der Waals surface area contributed by atoms with Gasteiger partial charge in [-0.25, -0.2) is 0 Å². The monoisotopic (exact) mass is 329 g/mol. The molecule has 0 saturated carbocycles. The van der Waals surface area contributed by atoms with E-state index in [9.17, 15) is 9.59 Å². The molecule has 2 rings (SSSR count). The van der Waals surface area contributed by atoms with Crippen LogP contribution >= 0.6 is 23.2 Å². The van der Waals surface area contributed by atoms with Gasteiger partial charge in [0.2, 0.25) is 5.91 Å². The maximum atomic E-state index is 11.7. The number of hydrogen-bond donors (Lipinski definition) is 1. The number of amides is 1. The van der Waals surface area contributed by atoms with Gasteiger partial charge in [0.1, 0.15) is 0 Å². The summed E-state index contributed by atoms with van der Waals surface area (Å²) in [4.78, 5) is 23.1. The largest absolute Gasteiger partial charge is 0.466 e. The smallest absolute Gasteiger partial charge is 0.305 e. The van der Waals surface area contributed by atoms with E-state index in [1.165, 1.54) is 0 Å². The highest BCUT2D eigenvalue weighted by molar-refractivity contribution is 6.42. The van der Waals surface area contributed by atoms with Crippen molar-refractivity contribution in [3.8, 4) is 0 Å². The molecule has 0 bridgehead atoms. The number of hydrogen-bond acceptors (Lipinski definition) is 3. The molecule has 0 aliphatic carbocycles. The summed E-state index contributed by atoms with van der Waals surface area (Å²) in [5.41, 5.74) is 0.955. The number of esters is 1. The lowest BCUT2D eigenvalue weighted by Crippen LogP contribution is -2.29. The fourth-order valence-corrected chi connectivity index (χ4v) is 2.89. The quantitative estimate of drug-likeness (QED) is 0.843. The molecule has 1 N–H and O–H groups in total. The molecule has 1 aromatic carbocycles. The Labute approximate surface area is 133 Å². The van der Waals surface area contributed by atoms with E-state index in [-0.39, 0.29) is 30.3 Å². The van der Waals surface area contributed by atoms with Crippen LogP contribution in [0.4, 0.5) is 0 Å². The lowest BCUT2D eigenvalue weighted by molar-refractivity contribution is -0.143. The van der Waals surface area contributed by atoms with Crippen LogP contribution in [0.5, 0.6) is 0 Å². The van der Waals surface area contributed by atoms with E-state index in [2.05, 4.69) is 5.32 Å². The van der Waals surface area contributed by atoms with Crippen molar-refractivity contribution in [2.45, 2.75) is 38.1 Å². The Morgan fingerprint density at radius 3 is 2.81 bits per heavy atom. The Kier molecular flexibility index (Phi) is 5.48. The fourth-order valence-electron chi connectivity index (χ4n) is 2.58. The third kappa shape index (κ3) is 4.11. The van der Waals surface area contributed by atoms with Crippen molar-refractivity contribution in [1.29, 1.82) is 0 Å². The van der Waals surface area contributed by atoms with Crippen LogP contribution in [0.1, 0.15) is 37.7 Å². The van der Waals surface area contributed by atoms with Crippen LogP contribution in [0, 0.1) is 0 Å². The average molecular weight is 330 g/mol. The van der Waals surface area contributed by atoms with Gasteiger partial charge >= 0.3 is 5.97 Å².